The predicted molar refractivity (Wildman–Crippen MR) is 271 cm³/mol. The van der Waals surface area contributed by atoms with E-state index >= 15 is 0 Å². The third kappa shape index (κ3) is 23.6. The van der Waals surface area contributed by atoms with E-state index in [-0.39, 0.29) is 228 Å². The van der Waals surface area contributed by atoms with E-state index in [1.165, 1.54) is 12.1 Å². The molecule has 0 unspecified atom stereocenters. The number of halogens is 1. The molecule has 6 aromatic carbocycles. The Morgan fingerprint density at radius 2 is 1.06 bits per heavy atom. The number of azo groups is 2. The Balaban J connectivity index is 0.00000660. The molecule has 444 valence electrons. The van der Waals surface area contributed by atoms with Crippen LogP contribution in [0.5, 0.6) is 11.5 Å². The second kappa shape index (κ2) is 36.7. The van der Waals surface area contributed by atoms with Crippen LogP contribution in [0.4, 0.5) is 46.0 Å². The van der Waals surface area contributed by atoms with Crippen LogP contribution in [0.1, 0.15) is 0 Å². The maximum absolute atomic E-state index is 13.0. The molecule has 89 heavy (non-hydrogen) atoms. The van der Waals surface area contributed by atoms with Crippen molar-refractivity contribution < 1.29 is 294 Å². The van der Waals surface area contributed by atoms with Gasteiger partial charge >= 0.3 is 177 Å². The van der Waals surface area contributed by atoms with Gasteiger partial charge in [0.2, 0.25) is 27.6 Å². The van der Waals surface area contributed by atoms with E-state index in [0.717, 1.165) is 60.7 Å². The summed E-state index contributed by atoms with van der Waals surface area (Å²) < 4.78 is 214. The number of hydrogen-bond donors (Lipinski definition) is 4. The quantitative estimate of drug-likeness (QED) is 0.00572. The normalized spacial score (nSPS) is 12.1. The van der Waals surface area contributed by atoms with Gasteiger partial charge in [0, 0.05) is 16.2 Å². The number of anilines is 4. The molecule has 4 N–H and O–H groups in total. The van der Waals surface area contributed by atoms with Crippen molar-refractivity contribution in [3.8, 4) is 11.5 Å². The van der Waals surface area contributed by atoms with Crippen LogP contribution in [-0.4, -0.2) is 119 Å². The van der Waals surface area contributed by atoms with Gasteiger partial charge in [-0.05, 0) is 102 Å². The van der Waals surface area contributed by atoms with Crippen molar-refractivity contribution in [2.45, 2.75) is 29.4 Å². The van der Waals surface area contributed by atoms with E-state index < -0.39 is 172 Å². The molecule has 1 aromatic heterocycles. The molecule has 1 heterocycles. The van der Waals surface area contributed by atoms with Crippen LogP contribution in [0.2, 0.25) is 5.28 Å². The van der Waals surface area contributed by atoms with Crippen LogP contribution in [0, 0.1) is 0 Å². The summed E-state index contributed by atoms with van der Waals surface area (Å²) in [5.74, 6) is -5.13. The van der Waals surface area contributed by atoms with Crippen LogP contribution in [-0.2, 0) is 87.5 Å². The molecular formula is C39H26ClN9Na6O26S8. The summed E-state index contributed by atoms with van der Waals surface area (Å²) in [6.45, 7) is -1.45. The maximum atomic E-state index is 13.0. The molecular weight excluding hydrogens is 1440 g/mol. The smallest absolute Gasteiger partial charge is 0.744 e. The number of phenols is 2. The fourth-order valence-corrected chi connectivity index (χ4v) is 12.5. The molecule has 0 spiro atoms. The van der Waals surface area contributed by atoms with E-state index in [0.29, 0.717) is 12.1 Å². The minimum absolute atomic E-state index is 0. The summed E-state index contributed by atoms with van der Waals surface area (Å²) in [7, 11) is -30.4. The molecule has 0 radical (unpaired) electrons. The molecule has 0 fully saturated rings. The molecule has 0 bridgehead atoms. The standard InChI is InChI=1S/C39H32ClN9O26S8.6Na/c40-37-43-38(41-27-10-9-25-26(36(27)82(64,65)66)18-30(81(61,62)63)33(34(25)50)49-47-21-3-7-23(8-4-21)79(56,57)14-12-71-83(67,68)69)45-39(44-37)42-28-17-24(80(58,59)60)15-19-16-29(76-74-72-52)32(35(51)31(19)28)48-46-20-1-5-22(6-2-20)78(54,55)13-11-70-77-75-73-53;;;;;;/h1-10,15-18,50-53H,11-14H2,(H,58,59,60)(H,61,62,63)(H,64,65,66)(H,67,68,69)(H2,41,42,43,44,45);;;;;;/q;6*+1/p-6. The first-order valence-electron chi connectivity index (χ1n) is 21.3. The van der Waals surface area contributed by atoms with Crippen LogP contribution >= 0.6 is 36.0 Å². The number of aromatic nitrogens is 3. The Hall–Kier alpha value is -0.540. The van der Waals surface area contributed by atoms with Gasteiger partial charge in [0.25, 0.3) is 0 Å². The zero-order valence-corrected chi connectivity index (χ0v) is 65.2. The van der Waals surface area contributed by atoms with Gasteiger partial charge in [-0.25, -0.2) is 50.5 Å². The minimum atomic E-state index is -5.83. The molecule has 50 heteroatoms. The number of nitrogens with one attached hydrogen (secondary N) is 2. The molecule has 0 aliphatic carbocycles. The molecule has 0 saturated heterocycles. The van der Waals surface area contributed by atoms with Crippen LogP contribution in [0.15, 0.2) is 135 Å². The third-order valence-electron chi connectivity index (χ3n) is 10.4. The number of sulfone groups is 2. The largest absolute Gasteiger partial charge is 1.00 e. The molecule has 0 saturated carbocycles. The molecule has 0 amide bonds. The Morgan fingerprint density at radius 3 is 1.55 bits per heavy atom. The first-order valence-corrected chi connectivity index (χ1v) is 31.9. The molecule has 7 rings (SSSR count). The zero-order valence-electron chi connectivity index (χ0n) is 45.9. The summed E-state index contributed by atoms with van der Waals surface area (Å²) in [6, 6.07) is 13.0. The number of nitrogens with zero attached hydrogens (tertiary/aromatic N) is 7. The van der Waals surface area contributed by atoms with Gasteiger partial charge in [-0.2, -0.15) is 29.5 Å². The number of aromatic hydroxyl groups is 2. The second-order valence-electron chi connectivity index (χ2n) is 15.6. The van der Waals surface area contributed by atoms with Crippen molar-refractivity contribution in [3.05, 3.63) is 90.2 Å². The Labute approximate surface area is 649 Å². The summed E-state index contributed by atoms with van der Waals surface area (Å²) in [5, 5.41) is 67.4. The molecule has 0 aliphatic heterocycles. The summed E-state index contributed by atoms with van der Waals surface area (Å²) >= 11 is 6.41. The van der Waals surface area contributed by atoms with Crippen molar-refractivity contribution in [2.24, 2.45) is 20.5 Å². The first-order chi connectivity index (χ1) is 38.8. The second-order valence-corrected chi connectivity index (χ2v) is 26.5. The minimum Gasteiger partial charge on any atom is -0.744 e. The fourth-order valence-electron chi connectivity index (χ4n) is 7.01. The van der Waals surface area contributed by atoms with E-state index in [9.17, 15) is 89.4 Å². The molecule has 0 atom stereocenters. The summed E-state index contributed by atoms with van der Waals surface area (Å²) in [4.78, 5) is 6.95. The maximum Gasteiger partial charge on any atom is 1.00 e. The SMILES string of the molecule is O=S(=O)([O-])OCCS(=O)(=O)c1ccc(N=Nc2c(S(=O)(=O)[O-])cc3c(S(=O)(=O)[O-])c(Nc4nc(Cl)nc(Nc5cc(S(=O)(=O)[O-])cc6cc(SOO[O-])c(N=Nc7ccc(S(=O)(=O)CCOSOO[O-])cc7)c(O)c56)n4)ccc3c2O)cc1.[Na+].[Na+].[Na+].[Na+].[Na+].[Na+]. The van der Waals surface area contributed by atoms with Gasteiger partial charge < -0.3 is 49.6 Å². The first kappa shape index (κ1) is 86.5. The number of hydrogen-bond acceptors (Lipinski definition) is 37. The van der Waals surface area contributed by atoms with Crippen molar-refractivity contribution in [1.29, 1.82) is 0 Å². The van der Waals surface area contributed by atoms with Crippen molar-refractivity contribution in [1.82, 2.24) is 15.0 Å². The number of fused-ring (bicyclic) bond motifs is 2. The number of phenolic OH excluding ortho intramolecular Hbond substituents is 2. The fraction of sp³-hybridized carbons (Fsp3) is 0.103. The summed E-state index contributed by atoms with van der Waals surface area (Å²) in [6.07, 6.45) is 0. The van der Waals surface area contributed by atoms with Crippen molar-refractivity contribution >= 4 is 164 Å². The van der Waals surface area contributed by atoms with Gasteiger partial charge in [-0.15, -0.1) is 14.6 Å². The van der Waals surface area contributed by atoms with Gasteiger partial charge in [-0.3, -0.25) is 18.4 Å². The average Bonchev–Trinajstić information content (AvgIpc) is 0.808. The van der Waals surface area contributed by atoms with Crippen molar-refractivity contribution in [3.63, 3.8) is 0 Å². The van der Waals surface area contributed by atoms with Crippen molar-refractivity contribution in [2.75, 3.05) is 35.4 Å². The third-order valence-corrected chi connectivity index (χ3v) is 18.0. The van der Waals surface area contributed by atoms with Gasteiger partial charge in [0.1, 0.15) is 41.7 Å². The Morgan fingerprint density at radius 1 is 0.539 bits per heavy atom. The van der Waals surface area contributed by atoms with E-state index in [2.05, 4.69) is 69.0 Å². The molecule has 35 nitrogen and oxygen atoms in total. The Kier molecular flexibility index (Phi) is 35.7. The van der Waals surface area contributed by atoms with Gasteiger partial charge in [0.05, 0.1) is 88.9 Å². The van der Waals surface area contributed by atoms with Crippen LogP contribution in [0.25, 0.3) is 21.5 Å². The average molecular weight is 1470 g/mol. The molecule has 0 aliphatic rings. The number of rotatable bonds is 26. The predicted octanol–water partition coefficient (Wildman–Crippen LogP) is -14.6. The Bertz CT molecular complexity index is 4470. The molecule has 7 aromatic rings. The topological polar surface area (TPSA) is 551 Å². The van der Waals surface area contributed by atoms with E-state index in [4.69, 9.17) is 15.8 Å². The van der Waals surface area contributed by atoms with Crippen LogP contribution < -0.4 is 198 Å². The van der Waals surface area contributed by atoms with Crippen LogP contribution in [0.3, 0.4) is 0 Å². The monoisotopic (exact) mass is 1460 g/mol. The zero-order chi connectivity index (χ0) is 60.9. The van der Waals surface area contributed by atoms with Gasteiger partial charge in [-0.1, -0.05) is 0 Å². The van der Waals surface area contributed by atoms with E-state index in [1.54, 1.807) is 0 Å². The number of benzene rings is 6. The van der Waals surface area contributed by atoms with Gasteiger partial charge in [0.15, 0.2) is 43.5 Å². The summed E-state index contributed by atoms with van der Waals surface area (Å²) in [5.41, 5.74) is -3.27. The van der Waals surface area contributed by atoms with E-state index in [1.807, 2.05) is 0 Å².